The van der Waals surface area contributed by atoms with E-state index in [1.807, 2.05) is 0 Å². The van der Waals surface area contributed by atoms with E-state index in [9.17, 15) is 26.7 Å². The van der Waals surface area contributed by atoms with Crippen LogP contribution in [0.15, 0.2) is 41.3 Å². The Hall–Kier alpha value is -2.92. The molecule has 0 bridgehead atoms. The van der Waals surface area contributed by atoms with E-state index in [1.54, 1.807) is 0 Å². The quantitative estimate of drug-likeness (QED) is 0.480. The van der Waals surface area contributed by atoms with Gasteiger partial charge in [-0.25, -0.2) is 9.97 Å². The van der Waals surface area contributed by atoms with Crippen molar-refractivity contribution in [3.8, 4) is 28.8 Å². The Kier molecular flexibility index (Phi) is 6.10. The molecule has 1 aromatic carbocycles. The number of aromatic amines is 1. The SMILES string of the molecule is COc1cccnc1-c1nc(C(F)(F)C(F)(F)F)c(Oc2ccc(Cl)c(Cl)c2)c(=O)[nH]1. The molecular formula is C18H10Cl2F5N3O3. The molecule has 13 heteroatoms. The van der Waals surface area contributed by atoms with Gasteiger partial charge in [0.2, 0.25) is 5.75 Å². The lowest BCUT2D eigenvalue weighted by Crippen LogP contribution is -2.36. The van der Waals surface area contributed by atoms with Gasteiger partial charge >= 0.3 is 12.1 Å². The van der Waals surface area contributed by atoms with E-state index in [1.165, 1.54) is 31.5 Å². The molecule has 0 radical (unpaired) electrons. The van der Waals surface area contributed by atoms with Crippen LogP contribution in [0.4, 0.5) is 22.0 Å². The van der Waals surface area contributed by atoms with Crippen LogP contribution in [0, 0.1) is 0 Å². The maximum atomic E-state index is 14.3. The van der Waals surface area contributed by atoms with Crippen molar-refractivity contribution in [3.63, 3.8) is 0 Å². The number of ether oxygens (including phenoxy) is 2. The highest BCUT2D eigenvalue weighted by molar-refractivity contribution is 6.42. The third kappa shape index (κ3) is 4.42. The Morgan fingerprint density at radius 1 is 1.06 bits per heavy atom. The van der Waals surface area contributed by atoms with Crippen molar-refractivity contribution in [1.29, 1.82) is 0 Å². The van der Waals surface area contributed by atoms with E-state index in [2.05, 4.69) is 15.0 Å². The second-order valence-electron chi connectivity index (χ2n) is 5.90. The predicted octanol–water partition coefficient (Wildman–Crippen LogP) is 5.59. The average Bonchev–Trinajstić information content (AvgIpc) is 2.71. The fourth-order valence-corrected chi connectivity index (χ4v) is 2.70. The molecule has 0 aliphatic rings. The molecule has 0 saturated heterocycles. The monoisotopic (exact) mass is 481 g/mol. The molecule has 6 nitrogen and oxygen atoms in total. The number of nitrogens with zero attached hydrogens (tertiary/aromatic N) is 2. The number of halogens is 7. The van der Waals surface area contributed by atoms with Crippen LogP contribution in [0.25, 0.3) is 11.5 Å². The molecule has 0 unspecified atom stereocenters. The molecule has 1 N–H and O–H groups in total. The summed E-state index contributed by atoms with van der Waals surface area (Å²) in [7, 11) is 1.21. The van der Waals surface area contributed by atoms with Crippen LogP contribution in [0.5, 0.6) is 17.2 Å². The van der Waals surface area contributed by atoms with Crippen molar-refractivity contribution in [2.75, 3.05) is 7.11 Å². The van der Waals surface area contributed by atoms with E-state index >= 15 is 0 Å². The molecule has 0 fully saturated rings. The van der Waals surface area contributed by atoms with E-state index in [4.69, 9.17) is 32.7 Å². The van der Waals surface area contributed by atoms with Gasteiger partial charge in [0.25, 0.3) is 5.56 Å². The van der Waals surface area contributed by atoms with Crippen molar-refractivity contribution in [2.45, 2.75) is 12.1 Å². The minimum atomic E-state index is -6.07. The van der Waals surface area contributed by atoms with Crippen LogP contribution >= 0.6 is 23.2 Å². The van der Waals surface area contributed by atoms with Crippen LogP contribution in [0.1, 0.15) is 5.69 Å². The lowest BCUT2D eigenvalue weighted by atomic mass is 10.2. The Morgan fingerprint density at radius 3 is 2.39 bits per heavy atom. The largest absolute Gasteiger partial charge is 0.494 e. The molecule has 0 atom stereocenters. The van der Waals surface area contributed by atoms with Gasteiger partial charge in [-0.15, -0.1) is 0 Å². The summed E-state index contributed by atoms with van der Waals surface area (Å²) in [5.41, 5.74) is -3.64. The number of pyridine rings is 1. The first-order valence-corrected chi connectivity index (χ1v) is 8.93. The zero-order chi connectivity index (χ0) is 23.0. The number of aromatic nitrogens is 3. The molecule has 0 spiro atoms. The molecule has 3 rings (SSSR count). The third-order valence-electron chi connectivity index (χ3n) is 3.86. The number of hydrogen-bond donors (Lipinski definition) is 1. The van der Waals surface area contributed by atoms with E-state index in [0.717, 1.165) is 12.1 Å². The van der Waals surface area contributed by atoms with Crippen molar-refractivity contribution in [1.82, 2.24) is 15.0 Å². The first-order chi connectivity index (χ1) is 14.5. The summed E-state index contributed by atoms with van der Waals surface area (Å²) in [5, 5.41) is -0.0120. The number of rotatable bonds is 5. The zero-order valence-corrected chi connectivity index (χ0v) is 16.7. The number of hydrogen-bond acceptors (Lipinski definition) is 5. The molecule has 164 valence electrons. The average molecular weight is 482 g/mol. The van der Waals surface area contributed by atoms with Crippen molar-refractivity contribution in [2.24, 2.45) is 0 Å². The summed E-state index contributed by atoms with van der Waals surface area (Å²) in [4.78, 5) is 21.8. The summed E-state index contributed by atoms with van der Waals surface area (Å²) in [6.07, 6.45) is -4.87. The van der Waals surface area contributed by atoms with Gasteiger partial charge in [0.1, 0.15) is 17.2 Å². The lowest BCUT2D eigenvalue weighted by Gasteiger charge is -2.21. The smallest absolute Gasteiger partial charge is 0.459 e. The van der Waals surface area contributed by atoms with Crippen LogP contribution in [0.2, 0.25) is 10.0 Å². The van der Waals surface area contributed by atoms with Crippen molar-refractivity contribution in [3.05, 3.63) is 62.6 Å². The number of benzene rings is 1. The molecule has 0 aliphatic carbocycles. The predicted molar refractivity (Wildman–Crippen MR) is 101 cm³/mol. The maximum Gasteiger partial charge on any atom is 0.459 e. The van der Waals surface area contributed by atoms with Crippen molar-refractivity contribution < 1.29 is 31.4 Å². The Balaban J connectivity index is 2.25. The van der Waals surface area contributed by atoms with Gasteiger partial charge < -0.3 is 14.5 Å². The first kappa shape index (κ1) is 22.8. The maximum absolute atomic E-state index is 14.3. The molecule has 2 heterocycles. The van der Waals surface area contributed by atoms with Crippen molar-refractivity contribution >= 4 is 23.2 Å². The molecule has 0 saturated carbocycles. The second kappa shape index (κ2) is 8.31. The topological polar surface area (TPSA) is 77.1 Å². The number of nitrogens with one attached hydrogen (secondary N) is 1. The third-order valence-corrected chi connectivity index (χ3v) is 4.60. The normalized spacial score (nSPS) is 12.0. The van der Waals surface area contributed by atoms with Gasteiger partial charge in [0.05, 0.1) is 17.2 Å². The molecule has 0 amide bonds. The standard InChI is InChI=1S/C18H10Cl2F5N3O3/c1-30-11-3-2-6-26-12(11)15-27-14(17(21,22)18(23,24)25)13(16(29)28-15)31-8-4-5-9(19)10(20)7-8/h2-7H,1H3,(H,27,28,29). The van der Waals surface area contributed by atoms with E-state index in [0.29, 0.717) is 0 Å². The number of alkyl halides is 5. The number of methoxy groups -OCH3 is 1. The minimum absolute atomic E-state index is 0.0231. The number of H-pyrrole nitrogens is 1. The van der Waals surface area contributed by atoms with Crippen LogP contribution in [0.3, 0.4) is 0 Å². The molecule has 3 aromatic rings. The highest BCUT2D eigenvalue weighted by Crippen LogP contribution is 2.46. The molecule has 31 heavy (non-hydrogen) atoms. The lowest BCUT2D eigenvalue weighted by molar-refractivity contribution is -0.291. The highest BCUT2D eigenvalue weighted by atomic mass is 35.5. The van der Waals surface area contributed by atoms with E-state index < -0.39 is 34.9 Å². The van der Waals surface area contributed by atoms with Crippen LogP contribution in [-0.4, -0.2) is 28.2 Å². The summed E-state index contributed by atoms with van der Waals surface area (Å²) >= 11 is 11.5. The highest BCUT2D eigenvalue weighted by Gasteiger charge is 2.62. The van der Waals surface area contributed by atoms with Gasteiger partial charge in [-0.2, -0.15) is 22.0 Å². The summed E-state index contributed by atoms with van der Waals surface area (Å²) < 4.78 is 78.0. The molecule has 2 aromatic heterocycles. The zero-order valence-electron chi connectivity index (χ0n) is 15.2. The molecular weight excluding hydrogens is 472 g/mol. The Morgan fingerprint density at radius 2 is 1.77 bits per heavy atom. The van der Waals surface area contributed by atoms with Gasteiger partial charge in [0, 0.05) is 12.3 Å². The van der Waals surface area contributed by atoms with Crippen LogP contribution in [-0.2, 0) is 5.92 Å². The van der Waals surface area contributed by atoms with Gasteiger partial charge in [-0.3, -0.25) is 4.79 Å². The minimum Gasteiger partial charge on any atom is -0.494 e. The van der Waals surface area contributed by atoms with Gasteiger partial charge in [0.15, 0.2) is 11.5 Å². The molecule has 0 aliphatic heterocycles. The Bertz CT molecular complexity index is 1180. The summed E-state index contributed by atoms with van der Waals surface area (Å²) in [6, 6.07) is 6.14. The first-order valence-electron chi connectivity index (χ1n) is 8.17. The summed E-state index contributed by atoms with van der Waals surface area (Å²) in [6.45, 7) is 0. The van der Waals surface area contributed by atoms with Crippen LogP contribution < -0.4 is 15.0 Å². The summed E-state index contributed by atoms with van der Waals surface area (Å²) in [5.74, 6) is -7.93. The van der Waals surface area contributed by atoms with Gasteiger partial charge in [-0.05, 0) is 24.3 Å². The fraction of sp³-hybridized carbons (Fsp3) is 0.167. The van der Waals surface area contributed by atoms with Gasteiger partial charge in [-0.1, -0.05) is 23.2 Å². The second-order valence-corrected chi connectivity index (χ2v) is 6.71. The fourth-order valence-electron chi connectivity index (χ4n) is 2.41. The Labute approximate surface area is 180 Å². The van der Waals surface area contributed by atoms with E-state index in [-0.39, 0.29) is 27.2 Å².